The fourth-order valence-corrected chi connectivity index (χ4v) is 4.32. The van der Waals surface area contributed by atoms with E-state index in [1.54, 1.807) is 0 Å². The molecule has 4 rings (SSSR count). The van der Waals surface area contributed by atoms with Crippen LogP contribution in [0.2, 0.25) is 0 Å². The summed E-state index contributed by atoms with van der Waals surface area (Å²) in [6.45, 7) is 13.0. The smallest absolute Gasteiger partial charge is 0.199 e. The van der Waals surface area contributed by atoms with Gasteiger partial charge in [0.15, 0.2) is 11.4 Å². The maximum absolute atomic E-state index is 2.25. The third-order valence-corrected chi connectivity index (χ3v) is 6.44. The summed E-state index contributed by atoms with van der Waals surface area (Å²) in [5, 5.41) is 0. The Labute approximate surface area is 193 Å². The first kappa shape index (κ1) is 23.4. The van der Waals surface area contributed by atoms with Gasteiger partial charge in [0, 0.05) is 38.1 Å². The Kier molecular flexibility index (Phi) is 7.25. The maximum Gasteiger partial charge on any atom is 0.212 e. The first-order chi connectivity index (χ1) is 15.2. The Balaban J connectivity index is 0.000000181. The SMILES string of the molecule is Cc1cccc(C)c1-c1cccc(C)[n+]1C.Cc1cccc(C)c1-c1cccc(C)[n+]1C. The molecule has 0 bridgehead atoms. The molecule has 0 unspecified atom stereocenters. The van der Waals surface area contributed by atoms with E-state index in [-0.39, 0.29) is 0 Å². The lowest BCUT2D eigenvalue weighted by atomic mass is 9.99. The summed E-state index contributed by atoms with van der Waals surface area (Å²) in [5.41, 5.74) is 13.2. The Bertz CT molecular complexity index is 1110. The summed E-state index contributed by atoms with van der Waals surface area (Å²) in [4.78, 5) is 0. The summed E-state index contributed by atoms with van der Waals surface area (Å²) >= 11 is 0. The number of aryl methyl sites for hydroxylation is 6. The van der Waals surface area contributed by atoms with Gasteiger partial charge in [0.2, 0.25) is 11.4 Å². The Hall–Kier alpha value is -3.26. The zero-order chi connectivity index (χ0) is 23.4. The van der Waals surface area contributed by atoms with Gasteiger partial charge in [0.1, 0.15) is 14.1 Å². The molecular formula is C30H36N2+2. The van der Waals surface area contributed by atoms with Gasteiger partial charge in [-0.1, -0.05) is 36.4 Å². The van der Waals surface area contributed by atoms with E-state index in [1.165, 1.54) is 56.2 Å². The second-order valence-corrected chi connectivity index (χ2v) is 8.76. The lowest BCUT2D eigenvalue weighted by Gasteiger charge is -2.08. The molecule has 32 heavy (non-hydrogen) atoms. The molecule has 0 spiro atoms. The standard InChI is InChI=1S/2C15H18N/c2*1-11-7-5-8-12(2)15(11)14-10-6-9-13(3)16(14)4/h2*5-10H,1-4H3/q2*+1. The van der Waals surface area contributed by atoms with Gasteiger partial charge in [-0.15, -0.1) is 0 Å². The molecule has 0 saturated heterocycles. The van der Waals surface area contributed by atoms with E-state index in [1.807, 2.05) is 0 Å². The topological polar surface area (TPSA) is 7.76 Å². The molecule has 0 amide bonds. The third kappa shape index (κ3) is 4.80. The van der Waals surface area contributed by atoms with E-state index in [4.69, 9.17) is 0 Å². The molecular weight excluding hydrogens is 388 g/mol. The number of nitrogens with zero attached hydrogens (tertiary/aromatic N) is 2. The minimum absolute atomic E-state index is 1.28. The molecule has 2 aromatic carbocycles. The van der Waals surface area contributed by atoms with Crippen molar-refractivity contribution < 1.29 is 9.13 Å². The minimum atomic E-state index is 1.28. The van der Waals surface area contributed by atoms with Gasteiger partial charge in [-0.3, -0.25) is 0 Å². The first-order valence-corrected chi connectivity index (χ1v) is 11.3. The molecule has 0 fully saturated rings. The Morgan fingerprint density at radius 1 is 0.406 bits per heavy atom. The highest BCUT2D eigenvalue weighted by Gasteiger charge is 2.16. The third-order valence-electron chi connectivity index (χ3n) is 6.44. The predicted octanol–water partition coefficient (Wildman–Crippen LogP) is 6.21. The Morgan fingerprint density at radius 2 is 0.688 bits per heavy atom. The molecule has 0 saturated carbocycles. The number of pyridine rings is 2. The lowest BCUT2D eigenvalue weighted by molar-refractivity contribution is -0.666. The zero-order valence-electron chi connectivity index (χ0n) is 20.8. The van der Waals surface area contributed by atoms with E-state index >= 15 is 0 Å². The molecule has 0 aliphatic carbocycles. The number of aromatic nitrogens is 2. The molecule has 0 aliphatic heterocycles. The van der Waals surface area contributed by atoms with Crippen molar-refractivity contribution >= 4 is 0 Å². The second-order valence-electron chi connectivity index (χ2n) is 8.76. The quantitative estimate of drug-likeness (QED) is 0.338. The van der Waals surface area contributed by atoms with E-state index in [0.29, 0.717) is 0 Å². The lowest BCUT2D eigenvalue weighted by Crippen LogP contribution is -2.34. The van der Waals surface area contributed by atoms with Crippen molar-refractivity contribution in [2.75, 3.05) is 0 Å². The second kappa shape index (κ2) is 9.91. The van der Waals surface area contributed by atoms with Crippen molar-refractivity contribution in [1.82, 2.24) is 0 Å². The van der Waals surface area contributed by atoms with Gasteiger partial charge < -0.3 is 0 Å². The average Bonchev–Trinajstić information content (AvgIpc) is 2.74. The summed E-state index contributed by atoms with van der Waals surface area (Å²) in [7, 11) is 4.24. The van der Waals surface area contributed by atoms with Crippen molar-refractivity contribution in [3.8, 4) is 22.5 Å². The molecule has 164 valence electrons. The number of hydrogen-bond donors (Lipinski definition) is 0. The summed E-state index contributed by atoms with van der Waals surface area (Å²) in [5.74, 6) is 0. The molecule has 0 radical (unpaired) electrons. The van der Waals surface area contributed by atoms with Gasteiger partial charge in [-0.2, -0.15) is 9.13 Å². The number of hydrogen-bond acceptors (Lipinski definition) is 0. The summed E-state index contributed by atoms with van der Waals surface area (Å²) in [6.07, 6.45) is 0. The molecule has 2 heteroatoms. The van der Waals surface area contributed by atoms with Crippen LogP contribution in [-0.4, -0.2) is 0 Å². The van der Waals surface area contributed by atoms with E-state index in [9.17, 15) is 0 Å². The molecule has 2 nitrogen and oxygen atoms in total. The van der Waals surface area contributed by atoms with Crippen molar-refractivity contribution in [3.63, 3.8) is 0 Å². The largest absolute Gasteiger partial charge is 0.212 e. The fourth-order valence-electron chi connectivity index (χ4n) is 4.32. The molecule has 2 heterocycles. The van der Waals surface area contributed by atoms with Crippen LogP contribution in [0.15, 0.2) is 72.8 Å². The number of rotatable bonds is 2. The van der Waals surface area contributed by atoms with Crippen LogP contribution in [0, 0.1) is 41.5 Å². The zero-order valence-corrected chi connectivity index (χ0v) is 20.8. The average molecular weight is 425 g/mol. The van der Waals surface area contributed by atoms with E-state index < -0.39 is 0 Å². The molecule has 0 atom stereocenters. The normalized spacial score (nSPS) is 10.5. The van der Waals surface area contributed by atoms with Crippen molar-refractivity contribution in [3.05, 3.63) is 106 Å². The van der Waals surface area contributed by atoms with E-state index in [0.717, 1.165) is 0 Å². The highest BCUT2D eigenvalue weighted by Crippen LogP contribution is 2.25. The monoisotopic (exact) mass is 424 g/mol. The van der Waals surface area contributed by atoms with Gasteiger partial charge in [0.25, 0.3) is 0 Å². The van der Waals surface area contributed by atoms with Crippen LogP contribution >= 0.6 is 0 Å². The van der Waals surface area contributed by atoms with E-state index in [2.05, 4.69) is 138 Å². The molecule has 4 aromatic rings. The van der Waals surface area contributed by atoms with Gasteiger partial charge in [-0.05, 0) is 62.1 Å². The minimum Gasteiger partial charge on any atom is -0.199 e. The highest BCUT2D eigenvalue weighted by atomic mass is 14.9. The predicted molar refractivity (Wildman–Crippen MR) is 135 cm³/mol. The van der Waals surface area contributed by atoms with Gasteiger partial charge >= 0.3 is 0 Å². The molecule has 0 aliphatic rings. The van der Waals surface area contributed by atoms with Crippen LogP contribution in [0.5, 0.6) is 0 Å². The molecule has 0 N–H and O–H groups in total. The van der Waals surface area contributed by atoms with Crippen LogP contribution in [0.1, 0.15) is 33.6 Å². The first-order valence-electron chi connectivity index (χ1n) is 11.3. The van der Waals surface area contributed by atoms with Crippen LogP contribution in [0.3, 0.4) is 0 Å². The van der Waals surface area contributed by atoms with Crippen LogP contribution in [0.25, 0.3) is 22.5 Å². The van der Waals surface area contributed by atoms with Gasteiger partial charge in [0.05, 0.1) is 11.1 Å². The number of benzene rings is 2. The van der Waals surface area contributed by atoms with Crippen LogP contribution in [-0.2, 0) is 14.1 Å². The summed E-state index contributed by atoms with van der Waals surface area (Å²) < 4.78 is 4.49. The van der Waals surface area contributed by atoms with Crippen molar-refractivity contribution in [2.24, 2.45) is 14.1 Å². The fraction of sp³-hybridized carbons (Fsp3) is 0.267. The Morgan fingerprint density at radius 3 is 1.00 bits per heavy atom. The molecule has 2 aromatic heterocycles. The maximum atomic E-state index is 2.25. The van der Waals surface area contributed by atoms with Crippen LogP contribution in [0.4, 0.5) is 0 Å². The van der Waals surface area contributed by atoms with Gasteiger partial charge in [-0.25, -0.2) is 0 Å². The highest BCUT2D eigenvalue weighted by molar-refractivity contribution is 5.66. The van der Waals surface area contributed by atoms with Crippen molar-refractivity contribution in [2.45, 2.75) is 41.5 Å². The summed E-state index contributed by atoms with van der Waals surface area (Å²) in [6, 6.07) is 25.8. The van der Waals surface area contributed by atoms with Crippen molar-refractivity contribution in [1.29, 1.82) is 0 Å². The van der Waals surface area contributed by atoms with Crippen LogP contribution < -0.4 is 9.13 Å².